The predicted molar refractivity (Wildman–Crippen MR) is 63.0 cm³/mol. The van der Waals surface area contributed by atoms with Crippen molar-refractivity contribution in [3.05, 3.63) is 12.7 Å². The predicted octanol–water partition coefficient (Wildman–Crippen LogP) is 1.77. The van der Waals surface area contributed by atoms with Crippen molar-refractivity contribution in [2.24, 2.45) is 11.8 Å². The van der Waals surface area contributed by atoms with Crippen molar-refractivity contribution in [2.45, 2.75) is 26.7 Å². The number of rotatable bonds is 7. The van der Waals surface area contributed by atoms with Gasteiger partial charge in [0.15, 0.2) is 0 Å². The maximum Gasteiger partial charge on any atom is 0.307 e. The van der Waals surface area contributed by atoms with Gasteiger partial charge in [-0.1, -0.05) is 19.9 Å². The molecule has 0 fully saturated rings. The lowest BCUT2D eigenvalue weighted by Crippen LogP contribution is -2.37. The van der Waals surface area contributed by atoms with E-state index in [0.29, 0.717) is 6.54 Å². The molecule has 1 N–H and O–H groups in total. The Balaban J connectivity index is 4.20. The molecule has 0 saturated carbocycles. The van der Waals surface area contributed by atoms with Gasteiger partial charge in [0.25, 0.3) is 0 Å². The largest absolute Gasteiger partial charge is 0.481 e. The lowest BCUT2D eigenvalue weighted by atomic mass is 9.95. The molecule has 0 bridgehead atoms. The van der Waals surface area contributed by atoms with Crippen molar-refractivity contribution in [3.63, 3.8) is 0 Å². The highest BCUT2D eigenvalue weighted by atomic mass is 16.4. The molecule has 2 unspecified atom stereocenters. The Labute approximate surface area is 96.9 Å². The third kappa shape index (κ3) is 4.47. The van der Waals surface area contributed by atoms with E-state index in [1.54, 1.807) is 25.8 Å². The zero-order valence-electron chi connectivity index (χ0n) is 10.3. The summed E-state index contributed by atoms with van der Waals surface area (Å²) < 4.78 is 0. The molecule has 0 aromatic heterocycles. The van der Waals surface area contributed by atoms with E-state index in [1.807, 2.05) is 6.08 Å². The molecule has 2 atom stereocenters. The third-order valence-electron chi connectivity index (χ3n) is 2.81. The maximum absolute atomic E-state index is 11.8. The van der Waals surface area contributed by atoms with Crippen LogP contribution in [0.2, 0.25) is 0 Å². The number of allylic oxidation sites excluding steroid dienone is 1. The fourth-order valence-corrected chi connectivity index (χ4v) is 1.36. The number of aliphatic carboxylic acids is 1. The molecule has 4 heteroatoms. The van der Waals surface area contributed by atoms with Crippen molar-refractivity contribution in [1.29, 1.82) is 0 Å². The molecule has 0 saturated heterocycles. The van der Waals surface area contributed by atoms with Crippen molar-refractivity contribution in [3.8, 4) is 0 Å². The van der Waals surface area contributed by atoms with Crippen LogP contribution in [0.4, 0.5) is 0 Å². The molecule has 0 radical (unpaired) electrons. The van der Waals surface area contributed by atoms with Gasteiger partial charge in [0.1, 0.15) is 0 Å². The first kappa shape index (κ1) is 14.7. The standard InChI is InChI=1S/C12H21NO3/c1-5-6-7-8-13(4)11(14)9(2)10(3)12(15)16/h5,9-10H,1,6-8H2,2-4H3,(H,15,16). The highest BCUT2D eigenvalue weighted by molar-refractivity contribution is 5.84. The summed E-state index contributed by atoms with van der Waals surface area (Å²) in [5.74, 6) is -2.17. The Kier molecular flexibility index (Phi) is 6.46. The topological polar surface area (TPSA) is 57.6 Å². The summed E-state index contributed by atoms with van der Waals surface area (Å²) in [4.78, 5) is 24.2. The molecule has 0 aromatic rings. The number of carbonyl (C=O) groups is 2. The normalized spacial score (nSPS) is 13.9. The van der Waals surface area contributed by atoms with Crippen LogP contribution in [0.3, 0.4) is 0 Å². The number of hydrogen-bond acceptors (Lipinski definition) is 2. The van der Waals surface area contributed by atoms with Crippen LogP contribution in [-0.2, 0) is 9.59 Å². The van der Waals surface area contributed by atoms with Gasteiger partial charge in [0, 0.05) is 19.5 Å². The van der Waals surface area contributed by atoms with Gasteiger partial charge < -0.3 is 10.0 Å². The highest BCUT2D eigenvalue weighted by Gasteiger charge is 2.27. The minimum atomic E-state index is -0.930. The second kappa shape index (κ2) is 7.04. The van der Waals surface area contributed by atoms with Gasteiger partial charge in [-0.2, -0.15) is 0 Å². The van der Waals surface area contributed by atoms with E-state index in [1.165, 1.54) is 0 Å². The van der Waals surface area contributed by atoms with Crippen molar-refractivity contribution in [2.75, 3.05) is 13.6 Å². The van der Waals surface area contributed by atoms with Gasteiger partial charge in [-0.15, -0.1) is 6.58 Å². The zero-order valence-corrected chi connectivity index (χ0v) is 10.3. The molecule has 0 aliphatic carbocycles. The summed E-state index contributed by atoms with van der Waals surface area (Å²) in [5.41, 5.74) is 0. The van der Waals surface area contributed by atoms with Crippen molar-refractivity contribution in [1.82, 2.24) is 4.90 Å². The van der Waals surface area contributed by atoms with Gasteiger partial charge >= 0.3 is 5.97 Å². The highest BCUT2D eigenvalue weighted by Crippen LogP contribution is 2.14. The summed E-state index contributed by atoms with van der Waals surface area (Å²) in [7, 11) is 1.70. The lowest BCUT2D eigenvalue weighted by molar-refractivity contribution is -0.148. The Hall–Kier alpha value is -1.32. The average Bonchev–Trinajstić information content (AvgIpc) is 2.26. The van der Waals surface area contributed by atoms with Crippen molar-refractivity contribution < 1.29 is 14.7 Å². The van der Waals surface area contributed by atoms with Gasteiger partial charge in [-0.05, 0) is 12.8 Å². The molecule has 1 amide bonds. The van der Waals surface area contributed by atoms with E-state index in [4.69, 9.17) is 5.11 Å². The molecule has 16 heavy (non-hydrogen) atoms. The molecule has 0 heterocycles. The second-order valence-electron chi connectivity index (χ2n) is 4.11. The molecule has 0 rings (SSSR count). The number of unbranched alkanes of at least 4 members (excludes halogenated alkanes) is 1. The van der Waals surface area contributed by atoms with Gasteiger partial charge in [-0.25, -0.2) is 0 Å². The smallest absolute Gasteiger partial charge is 0.307 e. The first-order valence-corrected chi connectivity index (χ1v) is 5.50. The zero-order chi connectivity index (χ0) is 12.7. The quantitative estimate of drug-likeness (QED) is 0.532. The van der Waals surface area contributed by atoms with E-state index in [-0.39, 0.29) is 5.91 Å². The van der Waals surface area contributed by atoms with Crippen molar-refractivity contribution >= 4 is 11.9 Å². The van der Waals surface area contributed by atoms with Crippen LogP contribution in [-0.4, -0.2) is 35.5 Å². The number of carboxylic acid groups (broad SMARTS) is 1. The summed E-state index contributed by atoms with van der Waals surface area (Å²) in [6, 6.07) is 0. The van der Waals surface area contributed by atoms with E-state index >= 15 is 0 Å². The Morgan fingerprint density at radius 2 is 1.94 bits per heavy atom. The summed E-state index contributed by atoms with van der Waals surface area (Å²) in [6.07, 6.45) is 3.53. The van der Waals surface area contributed by atoms with Crippen LogP contribution in [0.1, 0.15) is 26.7 Å². The Bertz CT molecular complexity index is 263. The third-order valence-corrected chi connectivity index (χ3v) is 2.81. The first-order chi connectivity index (χ1) is 7.41. The van der Waals surface area contributed by atoms with Crippen LogP contribution in [0.25, 0.3) is 0 Å². The molecule has 0 spiro atoms. The maximum atomic E-state index is 11.8. The van der Waals surface area contributed by atoms with Crippen LogP contribution in [0.15, 0.2) is 12.7 Å². The minimum Gasteiger partial charge on any atom is -0.481 e. The van der Waals surface area contributed by atoms with Crippen LogP contribution < -0.4 is 0 Å². The number of amides is 1. The SMILES string of the molecule is C=CCCCN(C)C(=O)C(C)C(C)C(=O)O. The van der Waals surface area contributed by atoms with Crippen LogP contribution in [0, 0.1) is 11.8 Å². The van der Waals surface area contributed by atoms with Gasteiger partial charge in [-0.3, -0.25) is 9.59 Å². The number of hydrogen-bond donors (Lipinski definition) is 1. The number of carbonyl (C=O) groups excluding carboxylic acids is 1. The van der Waals surface area contributed by atoms with Gasteiger partial charge in [0.2, 0.25) is 5.91 Å². The fourth-order valence-electron chi connectivity index (χ4n) is 1.36. The second-order valence-corrected chi connectivity index (χ2v) is 4.11. The number of carboxylic acids is 1. The summed E-state index contributed by atoms with van der Waals surface area (Å²) in [6.45, 7) is 7.46. The summed E-state index contributed by atoms with van der Waals surface area (Å²) >= 11 is 0. The first-order valence-electron chi connectivity index (χ1n) is 5.50. The fraction of sp³-hybridized carbons (Fsp3) is 0.667. The van der Waals surface area contributed by atoms with Crippen LogP contribution >= 0.6 is 0 Å². The molecular formula is C12H21NO3. The van der Waals surface area contributed by atoms with E-state index in [9.17, 15) is 9.59 Å². The molecule has 92 valence electrons. The Morgan fingerprint density at radius 3 is 2.38 bits per heavy atom. The number of nitrogens with zero attached hydrogens (tertiary/aromatic N) is 1. The van der Waals surface area contributed by atoms with Crippen LogP contribution in [0.5, 0.6) is 0 Å². The minimum absolute atomic E-state index is 0.112. The lowest BCUT2D eigenvalue weighted by Gasteiger charge is -2.23. The molecule has 0 aromatic carbocycles. The molecular weight excluding hydrogens is 206 g/mol. The van der Waals surface area contributed by atoms with E-state index in [0.717, 1.165) is 12.8 Å². The van der Waals surface area contributed by atoms with Gasteiger partial charge in [0.05, 0.1) is 5.92 Å². The average molecular weight is 227 g/mol. The van der Waals surface area contributed by atoms with E-state index in [2.05, 4.69) is 6.58 Å². The molecule has 0 aliphatic rings. The Morgan fingerprint density at radius 1 is 1.38 bits per heavy atom. The van der Waals surface area contributed by atoms with E-state index < -0.39 is 17.8 Å². The molecule has 4 nitrogen and oxygen atoms in total. The molecule has 0 aliphatic heterocycles. The summed E-state index contributed by atoms with van der Waals surface area (Å²) in [5, 5.41) is 8.81. The monoisotopic (exact) mass is 227 g/mol.